The van der Waals surface area contributed by atoms with Gasteiger partial charge in [0, 0.05) is 26.6 Å². The van der Waals surface area contributed by atoms with E-state index in [0.29, 0.717) is 11.3 Å². The number of piperidine rings is 2. The number of carbonyl (C=O) groups is 1. The summed E-state index contributed by atoms with van der Waals surface area (Å²) in [6, 6.07) is 10.7. The van der Waals surface area contributed by atoms with Crippen molar-refractivity contribution in [1.82, 2.24) is 9.80 Å². The molecular weight excluding hydrogens is 248 g/mol. The van der Waals surface area contributed by atoms with Crippen LogP contribution in [-0.4, -0.2) is 42.4 Å². The van der Waals surface area contributed by atoms with Gasteiger partial charge >= 0.3 is 0 Å². The minimum absolute atomic E-state index is 0.322. The molecule has 0 aliphatic carbocycles. The number of amides is 1. The minimum Gasteiger partial charge on any atom is -0.345 e. The molecule has 1 spiro atoms. The molecule has 0 bridgehead atoms. The van der Waals surface area contributed by atoms with Gasteiger partial charge in [-0.1, -0.05) is 30.3 Å². The predicted molar refractivity (Wildman–Crippen MR) is 80.3 cm³/mol. The molecule has 3 nitrogen and oxygen atoms in total. The standard InChI is InChI=1S/C17H24N2O/c1-18-14-17(8-7-16(18)20)9-11-19(12-10-17)13-15-5-3-2-4-6-15/h2-6H,7-14H2,1H3. The van der Waals surface area contributed by atoms with Crippen molar-refractivity contribution in [2.24, 2.45) is 5.41 Å². The summed E-state index contributed by atoms with van der Waals surface area (Å²) < 4.78 is 0. The molecular formula is C17H24N2O. The monoisotopic (exact) mass is 272 g/mol. The predicted octanol–water partition coefficient (Wildman–Crippen LogP) is 2.52. The Morgan fingerprint density at radius 2 is 1.80 bits per heavy atom. The van der Waals surface area contributed by atoms with Gasteiger partial charge < -0.3 is 4.90 Å². The molecule has 3 rings (SSSR count). The Morgan fingerprint density at radius 3 is 2.45 bits per heavy atom. The van der Waals surface area contributed by atoms with Crippen LogP contribution in [0.5, 0.6) is 0 Å². The third-order valence-corrected chi connectivity index (χ3v) is 5.03. The van der Waals surface area contributed by atoms with E-state index in [-0.39, 0.29) is 0 Å². The normalized spacial score (nSPS) is 23.2. The van der Waals surface area contributed by atoms with Gasteiger partial charge in [-0.3, -0.25) is 9.69 Å². The second kappa shape index (κ2) is 5.57. The molecule has 2 fully saturated rings. The Kier molecular flexibility index (Phi) is 3.79. The van der Waals surface area contributed by atoms with Gasteiger partial charge in [-0.2, -0.15) is 0 Å². The summed E-state index contributed by atoms with van der Waals surface area (Å²) in [7, 11) is 1.96. The van der Waals surface area contributed by atoms with Gasteiger partial charge in [-0.15, -0.1) is 0 Å². The smallest absolute Gasteiger partial charge is 0.222 e. The fraction of sp³-hybridized carbons (Fsp3) is 0.588. The van der Waals surface area contributed by atoms with Gasteiger partial charge in [0.1, 0.15) is 0 Å². The lowest BCUT2D eigenvalue weighted by molar-refractivity contribution is -0.137. The zero-order chi connectivity index (χ0) is 14.0. The van der Waals surface area contributed by atoms with Crippen LogP contribution in [0.3, 0.4) is 0 Å². The second-order valence-corrected chi connectivity index (χ2v) is 6.51. The summed E-state index contributed by atoms with van der Waals surface area (Å²) in [5, 5.41) is 0. The van der Waals surface area contributed by atoms with Crippen molar-refractivity contribution in [3.8, 4) is 0 Å². The topological polar surface area (TPSA) is 23.6 Å². The molecule has 1 amide bonds. The molecule has 2 saturated heterocycles. The fourth-order valence-corrected chi connectivity index (χ4v) is 3.67. The van der Waals surface area contributed by atoms with E-state index >= 15 is 0 Å². The SMILES string of the molecule is CN1CC2(CCC1=O)CCN(Cc1ccccc1)CC2. The average molecular weight is 272 g/mol. The highest BCUT2D eigenvalue weighted by molar-refractivity contribution is 5.76. The zero-order valence-electron chi connectivity index (χ0n) is 12.3. The summed E-state index contributed by atoms with van der Waals surface area (Å²) in [6.07, 6.45) is 4.31. The molecule has 2 aliphatic rings. The largest absolute Gasteiger partial charge is 0.345 e. The van der Waals surface area contributed by atoms with Crippen molar-refractivity contribution in [2.75, 3.05) is 26.7 Å². The lowest BCUT2D eigenvalue weighted by Crippen LogP contribution is -2.50. The Labute approximate surface area is 121 Å². The van der Waals surface area contributed by atoms with Gasteiger partial charge in [0.2, 0.25) is 5.91 Å². The van der Waals surface area contributed by atoms with Crippen LogP contribution >= 0.6 is 0 Å². The number of likely N-dealkylation sites (tertiary alicyclic amines) is 2. The lowest BCUT2D eigenvalue weighted by Gasteiger charge is -2.46. The van der Waals surface area contributed by atoms with Crippen LogP contribution in [0.2, 0.25) is 0 Å². The maximum absolute atomic E-state index is 11.6. The zero-order valence-corrected chi connectivity index (χ0v) is 12.3. The summed E-state index contributed by atoms with van der Waals surface area (Å²) >= 11 is 0. The quantitative estimate of drug-likeness (QED) is 0.826. The Bertz CT molecular complexity index is 463. The minimum atomic E-state index is 0.322. The highest BCUT2D eigenvalue weighted by atomic mass is 16.2. The molecule has 2 aliphatic heterocycles. The highest BCUT2D eigenvalue weighted by Gasteiger charge is 2.39. The van der Waals surface area contributed by atoms with Crippen molar-refractivity contribution >= 4 is 5.91 Å². The number of benzene rings is 1. The molecule has 0 N–H and O–H groups in total. The first kappa shape index (κ1) is 13.6. The van der Waals surface area contributed by atoms with Crippen LogP contribution in [-0.2, 0) is 11.3 Å². The van der Waals surface area contributed by atoms with Crippen LogP contribution in [0, 0.1) is 5.41 Å². The first-order valence-electron chi connectivity index (χ1n) is 7.67. The van der Waals surface area contributed by atoms with E-state index in [0.717, 1.165) is 39.0 Å². The van der Waals surface area contributed by atoms with Crippen molar-refractivity contribution < 1.29 is 4.79 Å². The van der Waals surface area contributed by atoms with Gasteiger partial charge in [0.15, 0.2) is 0 Å². The number of nitrogens with zero attached hydrogens (tertiary/aromatic N) is 2. The molecule has 0 atom stereocenters. The van der Waals surface area contributed by atoms with E-state index in [1.54, 1.807) is 0 Å². The van der Waals surface area contributed by atoms with Crippen LogP contribution in [0.4, 0.5) is 0 Å². The summed E-state index contributed by atoms with van der Waals surface area (Å²) in [6.45, 7) is 4.35. The molecule has 0 aromatic heterocycles. The Balaban J connectivity index is 1.56. The van der Waals surface area contributed by atoms with Gasteiger partial charge in [-0.05, 0) is 43.3 Å². The molecule has 1 aromatic carbocycles. The van der Waals surface area contributed by atoms with Crippen molar-refractivity contribution in [1.29, 1.82) is 0 Å². The highest BCUT2D eigenvalue weighted by Crippen LogP contribution is 2.39. The second-order valence-electron chi connectivity index (χ2n) is 6.51. The third kappa shape index (κ3) is 2.88. The van der Waals surface area contributed by atoms with E-state index in [2.05, 4.69) is 35.2 Å². The molecule has 0 unspecified atom stereocenters. The first-order chi connectivity index (χ1) is 9.67. The molecule has 3 heteroatoms. The third-order valence-electron chi connectivity index (χ3n) is 5.03. The van der Waals surface area contributed by atoms with Crippen LogP contribution in [0.1, 0.15) is 31.2 Å². The van der Waals surface area contributed by atoms with Crippen LogP contribution < -0.4 is 0 Å². The van der Waals surface area contributed by atoms with Crippen LogP contribution in [0.15, 0.2) is 30.3 Å². The molecule has 0 radical (unpaired) electrons. The molecule has 1 aromatic rings. The summed E-state index contributed by atoms with van der Waals surface area (Å²) in [5.74, 6) is 0.322. The van der Waals surface area contributed by atoms with E-state index in [1.807, 2.05) is 11.9 Å². The maximum atomic E-state index is 11.6. The molecule has 2 heterocycles. The van der Waals surface area contributed by atoms with E-state index < -0.39 is 0 Å². The maximum Gasteiger partial charge on any atom is 0.222 e. The number of hydrogen-bond acceptors (Lipinski definition) is 2. The summed E-state index contributed by atoms with van der Waals surface area (Å²) in [5.41, 5.74) is 1.80. The average Bonchev–Trinajstić information content (AvgIpc) is 2.47. The molecule has 108 valence electrons. The molecule has 0 saturated carbocycles. The van der Waals surface area contributed by atoms with E-state index in [9.17, 15) is 4.79 Å². The van der Waals surface area contributed by atoms with Gasteiger partial charge in [-0.25, -0.2) is 0 Å². The number of hydrogen-bond donors (Lipinski definition) is 0. The fourth-order valence-electron chi connectivity index (χ4n) is 3.67. The van der Waals surface area contributed by atoms with Crippen molar-refractivity contribution in [2.45, 2.75) is 32.2 Å². The summed E-state index contributed by atoms with van der Waals surface area (Å²) in [4.78, 5) is 16.1. The van der Waals surface area contributed by atoms with E-state index in [1.165, 1.54) is 18.4 Å². The van der Waals surface area contributed by atoms with Crippen LogP contribution in [0.25, 0.3) is 0 Å². The number of carbonyl (C=O) groups excluding carboxylic acids is 1. The lowest BCUT2D eigenvalue weighted by atomic mass is 9.72. The Morgan fingerprint density at radius 1 is 1.10 bits per heavy atom. The molecule has 20 heavy (non-hydrogen) atoms. The van der Waals surface area contributed by atoms with Gasteiger partial charge in [0.05, 0.1) is 0 Å². The van der Waals surface area contributed by atoms with Gasteiger partial charge in [0.25, 0.3) is 0 Å². The number of rotatable bonds is 2. The Hall–Kier alpha value is -1.35. The first-order valence-corrected chi connectivity index (χ1v) is 7.67. The van der Waals surface area contributed by atoms with Crippen molar-refractivity contribution in [3.05, 3.63) is 35.9 Å². The van der Waals surface area contributed by atoms with Crippen molar-refractivity contribution in [3.63, 3.8) is 0 Å². The van der Waals surface area contributed by atoms with E-state index in [4.69, 9.17) is 0 Å².